The van der Waals surface area contributed by atoms with Crippen LogP contribution in [0.4, 0.5) is 13.6 Å². The molecular weight excluding hydrogens is 320 g/mol. The van der Waals surface area contributed by atoms with E-state index < -0.39 is 41.7 Å². The van der Waals surface area contributed by atoms with Crippen LogP contribution in [-0.4, -0.2) is 23.2 Å². The molecule has 0 heterocycles. The molecule has 0 spiro atoms. The van der Waals surface area contributed by atoms with Gasteiger partial charge in [-0.2, -0.15) is 0 Å². The number of carboxylic acid groups (broad SMARTS) is 1. The number of halogens is 2. The van der Waals surface area contributed by atoms with Crippen molar-refractivity contribution in [2.45, 2.75) is 19.1 Å². The highest BCUT2D eigenvalue weighted by molar-refractivity contribution is 5.80. The highest BCUT2D eigenvalue weighted by Gasteiger charge is 2.24. The molecule has 126 valence electrons. The number of hydrogen-bond donors (Lipinski definition) is 2. The van der Waals surface area contributed by atoms with Gasteiger partial charge >= 0.3 is 12.1 Å². The molecule has 0 fully saturated rings. The fraction of sp³-hybridized carbons (Fsp3) is 0.176. The molecule has 7 heteroatoms. The Hall–Kier alpha value is -2.96. The van der Waals surface area contributed by atoms with E-state index >= 15 is 0 Å². The molecule has 0 bridgehead atoms. The van der Waals surface area contributed by atoms with Crippen molar-refractivity contribution in [3.05, 3.63) is 71.3 Å². The Kier molecular flexibility index (Phi) is 5.83. The quantitative estimate of drug-likeness (QED) is 0.851. The van der Waals surface area contributed by atoms with Gasteiger partial charge in [-0.05, 0) is 17.7 Å². The molecule has 2 aromatic rings. The summed E-state index contributed by atoms with van der Waals surface area (Å²) in [4.78, 5) is 22.9. The number of carboxylic acids is 1. The molecule has 0 unspecified atom stereocenters. The van der Waals surface area contributed by atoms with Crippen LogP contribution in [0.2, 0.25) is 0 Å². The van der Waals surface area contributed by atoms with Crippen molar-refractivity contribution in [2.75, 3.05) is 0 Å². The van der Waals surface area contributed by atoms with E-state index in [1.807, 2.05) is 0 Å². The molecule has 0 radical (unpaired) electrons. The van der Waals surface area contributed by atoms with Crippen molar-refractivity contribution < 1.29 is 28.2 Å². The van der Waals surface area contributed by atoms with Crippen molar-refractivity contribution in [1.29, 1.82) is 0 Å². The van der Waals surface area contributed by atoms with Crippen LogP contribution in [0.3, 0.4) is 0 Å². The maximum atomic E-state index is 13.6. The van der Waals surface area contributed by atoms with Crippen LogP contribution in [0.25, 0.3) is 0 Å². The molecule has 0 aromatic heterocycles. The van der Waals surface area contributed by atoms with Gasteiger partial charge < -0.3 is 15.2 Å². The summed E-state index contributed by atoms with van der Waals surface area (Å²) in [7, 11) is 0. The first kappa shape index (κ1) is 17.4. The minimum atomic E-state index is -1.51. The number of carbonyl (C=O) groups is 2. The van der Waals surface area contributed by atoms with Gasteiger partial charge in [-0.25, -0.2) is 18.4 Å². The van der Waals surface area contributed by atoms with E-state index in [-0.39, 0.29) is 6.61 Å². The first-order chi connectivity index (χ1) is 11.5. The molecule has 2 aromatic carbocycles. The van der Waals surface area contributed by atoms with Gasteiger partial charge in [0.25, 0.3) is 0 Å². The summed E-state index contributed by atoms with van der Waals surface area (Å²) >= 11 is 0. The molecular formula is C17H15F2NO4. The second kappa shape index (κ2) is 8.05. The molecule has 1 amide bonds. The van der Waals surface area contributed by atoms with Crippen LogP contribution in [0.15, 0.2) is 48.5 Å². The SMILES string of the molecule is O=C(N[C@H](Cc1c(F)cccc1F)C(=O)O)OCc1ccccc1. The normalized spacial score (nSPS) is 11.6. The van der Waals surface area contributed by atoms with Gasteiger partial charge in [0.2, 0.25) is 0 Å². The van der Waals surface area contributed by atoms with Gasteiger partial charge in [-0.1, -0.05) is 36.4 Å². The lowest BCUT2D eigenvalue weighted by Gasteiger charge is -2.15. The number of carbonyl (C=O) groups excluding carboxylic acids is 1. The van der Waals surface area contributed by atoms with Crippen LogP contribution in [0, 0.1) is 11.6 Å². The third kappa shape index (κ3) is 4.77. The molecule has 0 aliphatic carbocycles. The Morgan fingerprint density at radius 3 is 2.25 bits per heavy atom. The highest BCUT2D eigenvalue weighted by Crippen LogP contribution is 2.14. The van der Waals surface area contributed by atoms with E-state index in [0.29, 0.717) is 0 Å². The predicted octanol–water partition coefficient (Wildman–Crippen LogP) is 2.89. The number of hydrogen-bond acceptors (Lipinski definition) is 3. The van der Waals surface area contributed by atoms with Crippen molar-refractivity contribution in [3.8, 4) is 0 Å². The third-order valence-electron chi connectivity index (χ3n) is 3.27. The fourth-order valence-corrected chi connectivity index (χ4v) is 2.04. The number of ether oxygens (including phenoxy) is 1. The van der Waals surface area contributed by atoms with Crippen molar-refractivity contribution in [1.82, 2.24) is 5.32 Å². The van der Waals surface area contributed by atoms with Crippen molar-refractivity contribution in [2.24, 2.45) is 0 Å². The molecule has 2 N–H and O–H groups in total. The molecule has 5 nitrogen and oxygen atoms in total. The zero-order valence-electron chi connectivity index (χ0n) is 12.5. The number of benzene rings is 2. The van der Waals surface area contributed by atoms with Crippen LogP contribution in [-0.2, 0) is 22.6 Å². The second-order valence-electron chi connectivity index (χ2n) is 5.00. The highest BCUT2D eigenvalue weighted by atomic mass is 19.1. The Morgan fingerprint density at radius 1 is 1.04 bits per heavy atom. The summed E-state index contributed by atoms with van der Waals surface area (Å²) in [5.41, 5.74) is 0.313. The maximum absolute atomic E-state index is 13.6. The van der Waals surface area contributed by atoms with Gasteiger partial charge in [0.1, 0.15) is 24.3 Å². The smallest absolute Gasteiger partial charge is 0.408 e. The van der Waals surface area contributed by atoms with Crippen molar-refractivity contribution >= 4 is 12.1 Å². The van der Waals surface area contributed by atoms with Gasteiger partial charge in [-0.3, -0.25) is 0 Å². The minimum absolute atomic E-state index is 0.0485. The van der Waals surface area contributed by atoms with Gasteiger partial charge in [0.05, 0.1) is 0 Å². The number of alkyl carbamates (subject to hydrolysis) is 1. The Balaban J connectivity index is 1.98. The summed E-state index contributed by atoms with van der Waals surface area (Å²) in [6, 6.07) is 10.5. The average molecular weight is 335 g/mol. The van der Waals surface area contributed by atoms with E-state index in [9.17, 15) is 18.4 Å². The summed E-state index contributed by atoms with van der Waals surface area (Å²) in [5.74, 6) is -3.17. The molecule has 1 atom stereocenters. The lowest BCUT2D eigenvalue weighted by molar-refractivity contribution is -0.139. The van der Waals surface area contributed by atoms with Gasteiger partial charge in [0, 0.05) is 12.0 Å². The largest absolute Gasteiger partial charge is 0.480 e. The standard InChI is InChI=1S/C17H15F2NO4/c18-13-7-4-8-14(19)12(13)9-15(16(21)22)20-17(23)24-10-11-5-2-1-3-6-11/h1-8,15H,9-10H2,(H,20,23)(H,21,22)/t15-/m1/s1. The Bertz CT molecular complexity index is 702. The molecule has 2 rings (SSSR count). The predicted molar refractivity (Wildman–Crippen MR) is 81.2 cm³/mol. The van der Waals surface area contributed by atoms with E-state index in [0.717, 1.165) is 17.7 Å². The number of rotatable bonds is 6. The summed E-state index contributed by atoms with van der Waals surface area (Å²) in [6.45, 7) is -0.0485. The lowest BCUT2D eigenvalue weighted by Crippen LogP contribution is -2.42. The first-order valence-electron chi connectivity index (χ1n) is 7.10. The maximum Gasteiger partial charge on any atom is 0.408 e. The molecule has 0 aliphatic heterocycles. The van der Waals surface area contributed by atoms with Crippen LogP contribution < -0.4 is 5.32 Å². The second-order valence-corrected chi connectivity index (χ2v) is 5.00. The van der Waals surface area contributed by atoms with E-state index in [1.165, 1.54) is 6.07 Å². The van der Waals surface area contributed by atoms with Gasteiger partial charge in [0.15, 0.2) is 0 Å². The number of nitrogens with one attached hydrogen (secondary N) is 1. The van der Waals surface area contributed by atoms with E-state index in [4.69, 9.17) is 9.84 Å². The zero-order valence-corrected chi connectivity index (χ0v) is 12.5. The number of aliphatic carboxylic acids is 1. The minimum Gasteiger partial charge on any atom is -0.480 e. The van der Waals surface area contributed by atoms with Crippen LogP contribution in [0.5, 0.6) is 0 Å². The third-order valence-corrected chi connectivity index (χ3v) is 3.27. The Labute approximate surface area is 136 Å². The number of amides is 1. The zero-order chi connectivity index (χ0) is 17.5. The molecule has 0 aliphatic rings. The van der Waals surface area contributed by atoms with E-state index in [2.05, 4.69) is 5.32 Å². The van der Waals surface area contributed by atoms with Gasteiger partial charge in [-0.15, -0.1) is 0 Å². The lowest BCUT2D eigenvalue weighted by atomic mass is 10.0. The first-order valence-corrected chi connectivity index (χ1v) is 7.10. The fourth-order valence-electron chi connectivity index (χ4n) is 2.04. The molecule has 24 heavy (non-hydrogen) atoms. The topological polar surface area (TPSA) is 75.6 Å². The monoisotopic (exact) mass is 335 g/mol. The Morgan fingerprint density at radius 2 is 1.67 bits per heavy atom. The summed E-state index contributed by atoms with van der Waals surface area (Å²) < 4.78 is 32.1. The van der Waals surface area contributed by atoms with Crippen LogP contribution in [0.1, 0.15) is 11.1 Å². The van der Waals surface area contributed by atoms with E-state index in [1.54, 1.807) is 30.3 Å². The van der Waals surface area contributed by atoms with Crippen LogP contribution >= 0.6 is 0 Å². The summed E-state index contributed by atoms with van der Waals surface area (Å²) in [6.07, 6.45) is -1.52. The molecule has 0 saturated heterocycles. The molecule has 0 saturated carbocycles. The van der Waals surface area contributed by atoms with Crippen molar-refractivity contribution in [3.63, 3.8) is 0 Å². The summed E-state index contributed by atoms with van der Waals surface area (Å²) in [5, 5.41) is 11.2. The average Bonchev–Trinajstić information content (AvgIpc) is 2.56.